The highest BCUT2D eigenvalue weighted by Gasteiger charge is 2.36. The molecular weight excluding hydrogens is 343 g/mol. The van der Waals surface area contributed by atoms with Crippen molar-refractivity contribution in [1.82, 2.24) is 5.32 Å². The number of amidine groups is 1. The summed E-state index contributed by atoms with van der Waals surface area (Å²) in [6, 6.07) is 5.94. The minimum absolute atomic E-state index is 0.269. The molecule has 1 unspecified atom stereocenters. The lowest BCUT2D eigenvalue weighted by molar-refractivity contribution is -0.464. The fraction of sp³-hybridized carbons (Fsp3) is 0.500. The summed E-state index contributed by atoms with van der Waals surface area (Å²) in [5.41, 5.74) is 1.06. The van der Waals surface area contributed by atoms with E-state index in [0.717, 1.165) is 16.2 Å². The highest BCUT2D eigenvalue weighted by Crippen LogP contribution is 2.50. The van der Waals surface area contributed by atoms with Crippen LogP contribution in [0, 0.1) is 0 Å². The Balaban J connectivity index is 3.17. The molecule has 0 fully saturated rings. The van der Waals surface area contributed by atoms with Gasteiger partial charge in [-0.05, 0) is 45.0 Å². The largest absolute Gasteiger partial charge is 0.441 e. The molecule has 0 saturated heterocycles. The molecule has 25 heavy (non-hydrogen) atoms. The number of urea groups is 1. The first-order valence-electron chi connectivity index (χ1n) is 8.06. The molecule has 3 N–H and O–H groups in total. The van der Waals surface area contributed by atoms with Crippen molar-refractivity contribution in [3.63, 3.8) is 0 Å². The number of nitrogens with zero attached hydrogens (tertiary/aromatic N) is 2. The predicted octanol–water partition coefficient (Wildman–Crippen LogP) is 2.85. The Morgan fingerprint density at radius 3 is 2.32 bits per heavy atom. The monoisotopic (exact) mass is 371 g/mol. The van der Waals surface area contributed by atoms with Crippen LogP contribution in [0.3, 0.4) is 0 Å². The zero-order valence-electron chi connectivity index (χ0n) is 15.6. The topological polar surface area (TPSA) is 93.9 Å². The molecule has 140 valence electrons. The van der Waals surface area contributed by atoms with E-state index in [-0.39, 0.29) is 5.69 Å². The van der Waals surface area contributed by atoms with Crippen LogP contribution in [-0.2, 0) is 9.09 Å². The molecule has 0 bridgehead atoms. The van der Waals surface area contributed by atoms with E-state index in [4.69, 9.17) is 4.52 Å². The lowest BCUT2D eigenvalue weighted by Gasteiger charge is -2.27. The summed E-state index contributed by atoms with van der Waals surface area (Å²) >= 11 is 0. The molecule has 0 aromatic heterocycles. The van der Waals surface area contributed by atoms with Gasteiger partial charge in [0.05, 0.1) is 25.9 Å². The molecule has 1 atom stereocenters. The molecule has 1 rings (SSSR count). The van der Waals surface area contributed by atoms with Crippen molar-refractivity contribution < 1.29 is 23.4 Å². The standard InChI is InChI=1S/C16H27N4O4P/c1-7-17-16(21)20(25(22,23)24-12(2)3)15-10-8-14(9-11-15)18-13(4)19(5)6/h8-12H,7H2,1-6H3,(H2,17,21,22,23)/p+1. The van der Waals surface area contributed by atoms with Gasteiger partial charge >= 0.3 is 13.8 Å². The number of rotatable bonds is 6. The number of carbonyl (C=O) groups is 1. The maximum Gasteiger partial charge on any atom is 0.441 e. The second-order valence-corrected chi connectivity index (χ2v) is 7.54. The maximum absolute atomic E-state index is 12.6. The molecule has 9 heteroatoms. The third-order valence-corrected chi connectivity index (χ3v) is 4.84. The molecule has 0 spiro atoms. The molecule has 0 aliphatic rings. The molecule has 0 radical (unpaired) electrons. The number of benzene rings is 1. The molecule has 0 saturated carbocycles. The van der Waals surface area contributed by atoms with Gasteiger partial charge in [-0.3, -0.25) is 9.10 Å². The van der Waals surface area contributed by atoms with Gasteiger partial charge < -0.3 is 10.2 Å². The van der Waals surface area contributed by atoms with Crippen molar-refractivity contribution in [3.8, 4) is 0 Å². The van der Waals surface area contributed by atoms with Crippen LogP contribution < -0.4 is 15.3 Å². The van der Waals surface area contributed by atoms with E-state index in [1.807, 2.05) is 25.6 Å². The fourth-order valence-corrected chi connectivity index (χ4v) is 3.30. The van der Waals surface area contributed by atoms with Crippen molar-refractivity contribution in [3.05, 3.63) is 24.3 Å². The summed E-state index contributed by atoms with van der Waals surface area (Å²) in [5, 5.41) is 5.73. The van der Waals surface area contributed by atoms with E-state index in [1.54, 1.807) is 45.0 Å². The number of amides is 2. The van der Waals surface area contributed by atoms with Gasteiger partial charge in [-0.1, -0.05) is 0 Å². The third kappa shape index (κ3) is 6.16. The van der Waals surface area contributed by atoms with Crippen LogP contribution >= 0.6 is 7.75 Å². The number of hydrogen-bond donors (Lipinski definition) is 3. The minimum Gasteiger partial charge on any atom is -0.338 e. The Labute approximate surface area is 149 Å². The molecular formula is C16H28N4O4P+. The first-order valence-corrected chi connectivity index (χ1v) is 9.59. The van der Waals surface area contributed by atoms with Crippen molar-refractivity contribution in [2.24, 2.45) is 0 Å². The van der Waals surface area contributed by atoms with Gasteiger partial charge in [-0.2, -0.15) is 4.67 Å². The van der Waals surface area contributed by atoms with Gasteiger partial charge in [-0.25, -0.2) is 14.7 Å². The first-order chi connectivity index (χ1) is 11.6. The highest BCUT2D eigenvalue weighted by molar-refractivity contribution is 7.55. The number of carbonyl (C=O) groups excluding carboxylic acids is 1. The summed E-state index contributed by atoms with van der Waals surface area (Å²) in [4.78, 5) is 22.6. The zero-order chi connectivity index (χ0) is 19.2. The van der Waals surface area contributed by atoms with E-state index in [2.05, 4.69) is 10.6 Å². The quantitative estimate of drug-likeness (QED) is 0.309. The Morgan fingerprint density at radius 1 is 1.32 bits per heavy atom. The van der Waals surface area contributed by atoms with E-state index < -0.39 is 19.9 Å². The highest BCUT2D eigenvalue weighted by atomic mass is 31.2. The summed E-state index contributed by atoms with van der Waals surface area (Å²) < 4.78 is 20.4. The first kappa shape index (κ1) is 21.2. The normalized spacial score (nSPS) is 13.1. The summed E-state index contributed by atoms with van der Waals surface area (Å²) in [7, 11) is -0.506. The smallest absolute Gasteiger partial charge is 0.338 e. The van der Waals surface area contributed by atoms with Gasteiger partial charge in [-0.15, -0.1) is 0 Å². The molecule has 0 aliphatic carbocycles. The van der Waals surface area contributed by atoms with E-state index in [9.17, 15) is 14.3 Å². The van der Waals surface area contributed by atoms with Crippen molar-refractivity contribution >= 4 is 31.0 Å². The maximum atomic E-state index is 12.6. The van der Waals surface area contributed by atoms with Crippen LogP contribution in [0.2, 0.25) is 0 Å². The summed E-state index contributed by atoms with van der Waals surface area (Å²) in [6.07, 6.45) is -0.508. The van der Waals surface area contributed by atoms with Crippen LogP contribution in [0.1, 0.15) is 27.7 Å². The van der Waals surface area contributed by atoms with Gasteiger partial charge in [0, 0.05) is 13.5 Å². The van der Waals surface area contributed by atoms with Gasteiger partial charge in [0.1, 0.15) is 5.69 Å². The van der Waals surface area contributed by atoms with Gasteiger partial charge in [0.25, 0.3) is 0 Å². The summed E-state index contributed by atoms with van der Waals surface area (Å²) in [5.74, 6) is 0.935. The molecule has 8 nitrogen and oxygen atoms in total. The molecule has 1 aromatic carbocycles. The second-order valence-electron chi connectivity index (χ2n) is 5.94. The molecule has 0 heterocycles. The average Bonchev–Trinajstić information content (AvgIpc) is 2.47. The van der Waals surface area contributed by atoms with E-state index in [1.165, 1.54) is 0 Å². The Morgan fingerprint density at radius 2 is 1.88 bits per heavy atom. The second kappa shape index (κ2) is 8.99. The van der Waals surface area contributed by atoms with Crippen LogP contribution in [0.15, 0.2) is 24.3 Å². The fourth-order valence-electron chi connectivity index (χ4n) is 1.93. The van der Waals surface area contributed by atoms with E-state index in [0.29, 0.717) is 6.54 Å². The Hall–Kier alpha value is -1.89. The number of hydrogen-bond acceptors (Lipinski definition) is 3. The van der Waals surface area contributed by atoms with Crippen LogP contribution in [0.4, 0.5) is 16.2 Å². The SMILES string of the molecule is CCNC(=O)N(c1ccc(NC(C)=[N+](C)C)cc1)P(=O)(O)OC(C)C. The van der Waals surface area contributed by atoms with Crippen molar-refractivity contribution in [1.29, 1.82) is 0 Å². The Kier molecular flexibility index (Phi) is 7.60. The van der Waals surface area contributed by atoms with E-state index >= 15 is 0 Å². The lowest BCUT2D eigenvalue weighted by Crippen LogP contribution is -2.38. The summed E-state index contributed by atoms with van der Waals surface area (Å²) in [6.45, 7) is 7.24. The zero-order valence-corrected chi connectivity index (χ0v) is 16.5. The third-order valence-electron chi connectivity index (χ3n) is 3.23. The van der Waals surface area contributed by atoms with Crippen LogP contribution in [-0.4, -0.2) is 48.1 Å². The van der Waals surface area contributed by atoms with Crippen LogP contribution in [0.5, 0.6) is 0 Å². The van der Waals surface area contributed by atoms with Crippen molar-refractivity contribution in [2.75, 3.05) is 30.6 Å². The Bertz CT molecular complexity index is 669. The number of nitrogens with one attached hydrogen (secondary N) is 2. The predicted molar refractivity (Wildman–Crippen MR) is 100 cm³/mol. The molecule has 1 aromatic rings. The number of anilines is 2. The molecule has 0 aliphatic heterocycles. The van der Waals surface area contributed by atoms with Gasteiger partial charge in [0.2, 0.25) is 5.84 Å². The average molecular weight is 371 g/mol. The van der Waals surface area contributed by atoms with Gasteiger partial charge in [0.15, 0.2) is 0 Å². The van der Waals surface area contributed by atoms with Crippen LogP contribution in [0.25, 0.3) is 0 Å². The lowest BCUT2D eigenvalue weighted by atomic mass is 10.3. The molecule has 2 amide bonds. The van der Waals surface area contributed by atoms with Crippen molar-refractivity contribution in [2.45, 2.75) is 33.8 Å². The minimum atomic E-state index is -4.34.